The van der Waals surface area contributed by atoms with E-state index in [1.165, 1.54) is 30.4 Å². The third kappa shape index (κ3) is 4.33. The summed E-state index contributed by atoms with van der Waals surface area (Å²) in [5, 5.41) is 3.01. The van der Waals surface area contributed by atoms with Crippen LogP contribution in [0.25, 0.3) is 0 Å². The SMILES string of the molecule is Cc1ccccc1C1CCN(CCNC(=O)c2cnc(N3CCCC3)nc2)C1. The van der Waals surface area contributed by atoms with E-state index in [9.17, 15) is 4.79 Å². The number of likely N-dealkylation sites (tertiary alicyclic amines) is 1. The van der Waals surface area contributed by atoms with Crippen LogP contribution in [0.4, 0.5) is 5.95 Å². The van der Waals surface area contributed by atoms with Gasteiger partial charge in [-0.05, 0) is 49.8 Å². The molecule has 2 aliphatic rings. The Morgan fingerprint density at radius 1 is 1.14 bits per heavy atom. The van der Waals surface area contributed by atoms with E-state index in [0.717, 1.165) is 38.7 Å². The first-order valence-electron chi connectivity index (χ1n) is 10.3. The molecule has 3 heterocycles. The number of aromatic nitrogens is 2. The highest BCUT2D eigenvalue weighted by Crippen LogP contribution is 2.28. The van der Waals surface area contributed by atoms with Crippen molar-refractivity contribution in [1.82, 2.24) is 20.2 Å². The molecule has 2 aliphatic heterocycles. The minimum Gasteiger partial charge on any atom is -0.351 e. The van der Waals surface area contributed by atoms with Gasteiger partial charge in [-0.15, -0.1) is 0 Å². The van der Waals surface area contributed by atoms with Gasteiger partial charge in [-0.1, -0.05) is 24.3 Å². The van der Waals surface area contributed by atoms with Crippen LogP contribution in [0.1, 0.15) is 46.7 Å². The number of hydrogen-bond acceptors (Lipinski definition) is 5. The Morgan fingerprint density at radius 2 is 1.89 bits per heavy atom. The fourth-order valence-electron chi connectivity index (χ4n) is 4.28. The zero-order chi connectivity index (χ0) is 19.3. The number of carbonyl (C=O) groups is 1. The number of anilines is 1. The van der Waals surface area contributed by atoms with Gasteiger partial charge in [0.1, 0.15) is 0 Å². The molecule has 148 valence electrons. The van der Waals surface area contributed by atoms with Crippen LogP contribution in [0, 0.1) is 6.92 Å². The van der Waals surface area contributed by atoms with Crippen LogP contribution in [0.5, 0.6) is 0 Å². The molecule has 6 nitrogen and oxygen atoms in total. The second kappa shape index (κ2) is 8.69. The van der Waals surface area contributed by atoms with Crippen LogP contribution in [-0.2, 0) is 0 Å². The largest absolute Gasteiger partial charge is 0.351 e. The molecule has 6 heteroatoms. The van der Waals surface area contributed by atoms with Gasteiger partial charge >= 0.3 is 0 Å². The van der Waals surface area contributed by atoms with E-state index in [-0.39, 0.29) is 5.91 Å². The second-order valence-corrected chi connectivity index (χ2v) is 7.86. The van der Waals surface area contributed by atoms with Crippen molar-refractivity contribution in [3.8, 4) is 0 Å². The first kappa shape index (κ1) is 18.9. The summed E-state index contributed by atoms with van der Waals surface area (Å²) in [4.78, 5) is 25.7. The lowest BCUT2D eigenvalue weighted by Crippen LogP contribution is -2.34. The third-order valence-electron chi connectivity index (χ3n) is 5.90. The Morgan fingerprint density at radius 3 is 2.64 bits per heavy atom. The maximum absolute atomic E-state index is 12.4. The summed E-state index contributed by atoms with van der Waals surface area (Å²) in [7, 11) is 0. The average Bonchev–Trinajstić information content (AvgIpc) is 3.41. The molecular weight excluding hydrogens is 350 g/mol. The summed E-state index contributed by atoms with van der Waals surface area (Å²) >= 11 is 0. The van der Waals surface area contributed by atoms with Crippen LogP contribution in [0.2, 0.25) is 0 Å². The van der Waals surface area contributed by atoms with E-state index >= 15 is 0 Å². The summed E-state index contributed by atoms with van der Waals surface area (Å²) in [6, 6.07) is 8.66. The molecule has 1 amide bonds. The van der Waals surface area contributed by atoms with Crippen molar-refractivity contribution in [3.05, 3.63) is 53.3 Å². The predicted molar refractivity (Wildman–Crippen MR) is 111 cm³/mol. The molecule has 1 atom stereocenters. The zero-order valence-electron chi connectivity index (χ0n) is 16.6. The van der Waals surface area contributed by atoms with Crippen molar-refractivity contribution < 1.29 is 4.79 Å². The maximum Gasteiger partial charge on any atom is 0.254 e. The van der Waals surface area contributed by atoms with Crippen LogP contribution in [-0.4, -0.2) is 60.0 Å². The lowest BCUT2D eigenvalue weighted by Gasteiger charge is -2.17. The topological polar surface area (TPSA) is 61.4 Å². The summed E-state index contributed by atoms with van der Waals surface area (Å²) < 4.78 is 0. The number of hydrogen-bond donors (Lipinski definition) is 1. The quantitative estimate of drug-likeness (QED) is 0.836. The number of rotatable bonds is 6. The number of carbonyl (C=O) groups excluding carboxylic acids is 1. The molecule has 4 rings (SSSR count). The van der Waals surface area contributed by atoms with Gasteiger partial charge < -0.3 is 15.1 Å². The Balaban J connectivity index is 1.23. The van der Waals surface area contributed by atoms with Gasteiger partial charge in [0.15, 0.2) is 0 Å². The van der Waals surface area contributed by atoms with E-state index in [4.69, 9.17) is 0 Å². The monoisotopic (exact) mass is 379 g/mol. The first-order valence-corrected chi connectivity index (χ1v) is 10.3. The van der Waals surface area contributed by atoms with E-state index in [1.54, 1.807) is 12.4 Å². The van der Waals surface area contributed by atoms with E-state index < -0.39 is 0 Å². The van der Waals surface area contributed by atoms with Crippen molar-refractivity contribution in [3.63, 3.8) is 0 Å². The van der Waals surface area contributed by atoms with Crippen molar-refractivity contribution in [2.75, 3.05) is 44.2 Å². The van der Waals surface area contributed by atoms with Gasteiger partial charge in [0, 0.05) is 45.1 Å². The molecule has 1 aromatic carbocycles. The lowest BCUT2D eigenvalue weighted by atomic mass is 9.94. The standard InChI is InChI=1S/C22H29N5O/c1-17-6-2-3-7-20(17)18-8-12-26(16-18)13-9-23-21(28)19-14-24-22(25-15-19)27-10-4-5-11-27/h2-3,6-7,14-15,18H,4-5,8-13,16H2,1H3,(H,23,28). The van der Waals surface area contributed by atoms with Crippen molar-refractivity contribution in [2.24, 2.45) is 0 Å². The molecule has 1 N–H and O–H groups in total. The number of nitrogens with zero attached hydrogens (tertiary/aromatic N) is 4. The summed E-state index contributed by atoms with van der Waals surface area (Å²) in [6.07, 6.45) is 6.84. The average molecular weight is 380 g/mol. The molecular formula is C22H29N5O. The first-order chi connectivity index (χ1) is 13.7. The van der Waals surface area contributed by atoms with Gasteiger partial charge in [0.2, 0.25) is 5.95 Å². The van der Waals surface area contributed by atoms with Crippen LogP contribution < -0.4 is 10.2 Å². The second-order valence-electron chi connectivity index (χ2n) is 7.86. The van der Waals surface area contributed by atoms with E-state index in [0.29, 0.717) is 18.0 Å². The highest BCUT2D eigenvalue weighted by molar-refractivity contribution is 5.93. The zero-order valence-corrected chi connectivity index (χ0v) is 16.6. The molecule has 2 saturated heterocycles. The molecule has 0 bridgehead atoms. The smallest absolute Gasteiger partial charge is 0.254 e. The van der Waals surface area contributed by atoms with Gasteiger partial charge in [-0.2, -0.15) is 0 Å². The van der Waals surface area contributed by atoms with E-state index in [1.807, 2.05) is 0 Å². The fourth-order valence-corrected chi connectivity index (χ4v) is 4.28. The number of nitrogens with one attached hydrogen (secondary N) is 1. The Hall–Kier alpha value is -2.47. The summed E-state index contributed by atoms with van der Waals surface area (Å²) in [6.45, 7) is 7.87. The van der Waals surface area contributed by atoms with Crippen molar-refractivity contribution >= 4 is 11.9 Å². The molecule has 1 unspecified atom stereocenters. The van der Waals surface area contributed by atoms with Crippen LogP contribution in [0.15, 0.2) is 36.7 Å². The third-order valence-corrected chi connectivity index (χ3v) is 5.90. The minimum absolute atomic E-state index is 0.0948. The number of amides is 1. The molecule has 2 fully saturated rings. The molecule has 0 saturated carbocycles. The Bertz CT molecular complexity index is 801. The molecule has 0 radical (unpaired) electrons. The van der Waals surface area contributed by atoms with Gasteiger partial charge in [0.25, 0.3) is 5.91 Å². The maximum atomic E-state index is 12.4. The molecule has 1 aromatic heterocycles. The highest BCUT2D eigenvalue weighted by Gasteiger charge is 2.24. The minimum atomic E-state index is -0.0948. The molecule has 2 aromatic rings. The number of benzene rings is 1. The predicted octanol–water partition coefficient (Wildman–Crippen LogP) is 2.60. The van der Waals surface area contributed by atoms with Crippen LogP contribution >= 0.6 is 0 Å². The van der Waals surface area contributed by atoms with Gasteiger partial charge in [0.05, 0.1) is 5.56 Å². The molecule has 0 spiro atoms. The van der Waals surface area contributed by atoms with Crippen molar-refractivity contribution in [2.45, 2.75) is 32.1 Å². The molecule has 0 aliphatic carbocycles. The van der Waals surface area contributed by atoms with Crippen LogP contribution in [0.3, 0.4) is 0 Å². The Labute approximate surface area is 167 Å². The summed E-state index contributed by atoms with van der Waals surface area (Å²) in [5.41, 5.74) is 3.37. The van der Waals surface area contributed by atoms with E-state index in [2.05, 4.69) is 56.3 Å². The molecule has 28 heavy (non-hydrogen) atoms. The van der Waals surface area contributed by atoms with Gasteiger partial charge in [-0.3, -0.25) is 4.79 Å². The summed E-state index contributed by atoms with van der Waals surface area (Å²) in [5.74, 6) is 1.24. The van der Waals surface area contributed by atoms with Crippen molar-refractivity contribution in [1.29, 1.82) is 0 Å². The highest BCUT2D eigenvalue weighted by atomic mass is 16.1. The normalized spacial score (nSPS) is 19.9. The Kier molecular flexibility index (Phi) is 5.86. The van der Waals surface area contributed by atoms with Gasteiger partial charge in [-0.25, -0.2) is 9.97 Å². The lowest BCUT2D eigenvalue weighted by molar-refractivity contribution is 0.0949. The fraction of sp³-hybridized carbons (Fsp3) is 0.500. The number of aryl methyl sites for hydroxylation is 1.